The highest BCUT2D eigenvalue weighted by Crippen LogP contribution is 2.40. The molecular weight excluding hydrogens is 413 g/mol. The Kier molecular flexibility index (Phi) is 5.59. The van der Waals surface area contributed by atoms with Gasteiger partial charge in [0, 0.05) is 23.9 Å². The van der Waals surface area contributed by atoms with E-state index in [0.717, 1.165) is 52.8 Å². The number of aromatic nitrogens is 5. The van der Waals surface area contributed by atoms with Crippen LogP contribution in [0, 0.1) is 5.82 Å². The van der Waals surface area contributed by atoms with E-state index < -0.39 is 0 Å². The van der Waals surface area contributed by atoms with Gasteiger partial charge in [-0.3, -0.25) is 0 Å². The van der Waals surface area contributed by atoms with Gasteiger partial charge in [-0.25, -0.2) is 29.3 Å². The van der Waals surface area contributed by atoms with Crippen LogP contribution in [0.25, 0.3) is 21.8 Å². The first-order chi connectivity index (χ1) is 15.3. The maximum Gasteiger partial charge on any atom is 0.228 e. The summed E-state index contributed by atoms with van der Waals surface area (Å²) in [6.07, 6.45) is 6.94. The minimum absolute atomic E-state index is 0.266. The zero-order chi connectivity index (χ0) is 21.0. The maximum absolute atomic E-state index is 13.5. The molecule has 0 aliphatic carbocycles. The van der Waals surface area contributed by atoms with Crippen molar-refractivity contribution >= 4 is 23.1 Å². The number of benzene rings is 1. The molecule has 2 N–H and O–H groups in total. The number of hydrogen-bond acceptors (Lipinski definition) is 8. The minimum atomic E-state index is -0.266. The smallest absolute Gasteiger partial charge is 0.228 e. The van der Waals surface area contributed by atoms with E-state index in [9.17, 15) is 4.39 Å². The van der Waals surface area contributed by atoms with E-state index in [1.54, 1.807) is 41.9 Å². The molecule has 0 saturated carbocycles. The van der Waals surface area contributed by atoms with Gasteiger partial charge in [-0.05, 0) is 62.3 Å². The van der Waals surface area contributed by atoms with Crippen molar-refractivity contribution in [2.45, 2.75) is 18.8 Å². The average molecular weight is 434 g/mol. The first-order valence-electron chi connectivity index (χ1n) is 10.1. The average Bonchev–Trinajstić information content (AvgIpc) is 3.27. The van der Waals surface area contributed by atoms with E-state index in [1.807, 2.05) is 6.07 Å². The molecule has 3 aromatic heterocycles. The predicted molar refractivity (Wildman–Crippen MR) is 119 cm³/mol. The third kappa shape index (κ3) is 4.42. The Bertz CT molecular complexity index is 1160. The van der Waals surface area contributed by atoms with Gasteiger partial charge in [0.2, 0.25) is 5.95 Å². The van der Waals surface area contributed by atoms with E-state index in [4.69, 9.17) is 9.97 Å². The monoisotopic (exact) mass is 433 g/mol. The summed E-state index contributed by atoms with van der Waals surface area (Å²) in [5.74, 6) is 1.21. The maximum atomic E-state index is 13.5. The Morgan fingerprint density at radius 3 is 2.58 bits per heavy atom. The second-order valence-corrected chi connectivity index (χ2v) is 8.28. The Hall–Kier alpha value is -3.30. The lowest BCUT2D eigenvalue weighted by Crippen LogP contribution is -2.26. The van der Waals surface area contributed by atoms with Gasteiger partial charge in [0.15, 0.2) is 0 Å². The fourth-order valence-corrected chi connectivity index (χ4v) is 4.81. The summed E-state index contributed by atoms with van der Waals surface area (Å²) in [6.45, 7) is 1.98. The van der Waals surface area contributed by atoms with Gasteiger partial charge in [-0.2, -0.15) is 0 Å². The first kappa shape index (κ1) is 19.7. The zero-order valence-corrected chi connectivity index (χ0v) is 17.4. The molecule has 4 aromatic rings. The van der Waals surface area contributed by atoms with Crippen LogP contribution in [0.2, 0.25) is 0 Å². The molecule has 31 heavy (non-hydrogen) atoms. The molecule has 0 spiro atoms. The molecule has 0 unspecified atom stereocenters. The van der Waals surface area contributed by atoms with Crippen LogP contribution in [0.3, 0.4) is 0 Å². The van der Waals surface area contributed by atoms with Gasteiger partial charge in [0.25, 0.3) is 0 Å². The minimum Gasteiger partial charge on any atom is -0.317 e. The van der Waals surface area contributed by atoms with Crippen molar-refractivity contribution in [3.05, 3.63) is 65.9 Å². The van der Waals surface area contributed by atoms with Crippen LogP contribution in [0.4, 0.5) is 16.2 Å². The van der Waals surface area contributed by atoms with E-state index in [1.165, 1.54) is 18.5 Å². The topological polar surface area (TPSA) is 88.5 Å². The van der Waals surface area contributed by atoms with Gasteiger partial charge in [-0.15, -0.1) is 11.3 Å². The molecule has 1 aliphatic rings. The third-order valence-corrected chi connectivity index (χ3v) is 6.40. The molecule has 7 nitrogen and oxygen atoms in total. The van der Waals surface area contributed by atoms with Crippen molar-refractivity contribution in [2.75, 3.05) is 18.4 Å². The molecule has 1 aromatic carbocycles. The van der Waals surface area contributed by atoms with Crippen LogP contribution in [0.5, 0.6) is 0 Å². The van der Waals surface area contributed by atoms with E-state index in [2.05, 4.69) is 25.6 Å². The zero-order valence-electron chi connectivity index (χ0n) is 16.6. The largest absolute Gasteiger partial charge is 0.317 e. The SMILES string of the molecule is Fc1ccc(-c2nc(C3CCNCC3)sc2-c2ccnc(Nc3ccncn3)n2)cc1. The quantitative estimate of drug-likeness (QED) is 0.482. The molecule has 1 fully saturated rings. The number of nitrogens with one attached hydrogen (secondary N) is 2. The molecule has 4 heterocycles. The van der Waals surface area contributed by atoms with Gasteiger partial charge in [-0.1, -0.05) is 0 Å². The Morgan fingerprint density at radius 1 is 0.968 bits per heavy atom. The third-order valence-electron chi connectivity index (χ3n) is 5.16. The van der Waals surface area contributed by atoms with Gasteiger partial charge < -0.3 is 10.6 Å². The van der Waals surface area contributed by atoms with Crippen molar-refractivity contribution < 1.29 is 4.39 Å². The van der Waals surface area contributed by atoms with Gasteiger partial charge in [0.1, 0.15) is 18.0 Å². The lowest BCUT2D eigenvalue weighted by Gasteiger charge is -2.20. The molecule has 156 valence electrons. The lowest BCUT2D eigenvalue weighted by atomic mass is 9.99. The molecule has 0 bridgehead atoms. The Labute approximate surface area is 182 Å². The summed E-state index contributed by atoms with van der Waals surface area (Å²) in [5, 5.41) is 7.60. The normalized spacial score (nSPS) is 14.5. The molecule has 9 heteroatoms. The predicted octanol–water partition coefficient (Wildman–Crippen LogP) is 4.41. The summed E-state index contributed by atoms with van der Waals surface area (Å²) >= 11 is 1.66. The molecule has 0 atom stereocenters. The Balaban J connectivity index is 1.54. The van der Waals surface area contributed by atoms with Gasteiger partial charge in [0.05, 0.1) is 21.3 Å². The number of piperidine rings is 1. The van der Waals surface area contributed by atoms with Crippen molar-refractivity contribution in [2.24, 2.45) is 0 Å². The van der Waals surface area contributed by atoms with Crippen molar-refractivity contribution in [1.82, 2.24) is 30.2 Å². The fourth-order valence-electron chi connectivity index (χ4n) is 3.58. The summed E-state index contributed by atoms with van der Waals surface area (Å²) < 4.78 is 13.5. The first-order valence-corrected chi connectivity index (χ1v) is 10.9. The molecular formula is C22H20FN7S. The number of anilines is 2. The highest BCUT2D eigenvalue weighted by atomic mass is 32.1. The highest BCUT2D eigenvalue weighted by molar-refractivity contribution is 7.15. The van der Waals surface area contributed by atoms with Crippen molar-refractivity contribution in [3.8, 4) is 21.8 Å². The van der Waals surface area contributed by atoms with Crippen LogP contribution in [-0.4, -0.2) is 38.0 Å². The van der Waals surface area contributed by atoms with Crippen LogP contribution in [0.15, 0.2) is 55.1 Å². The van der Waals surface area contributed by atoms with Crippen LogP contribution in [-0.2, 0) is 0 Å². The second-order valence-electron chi connectivity index (χ2n) is 7.25. The molecule has 1 saturated heterocycles. The molecule has 0 amide bonds. The summed E-state index contributed by atoms with van der Waals surface area (Å²) in [6, 6.07) is 10.1. The fraction of sp³-hybridized carbons (Fsp3) is 0.227. The number of hydrogen-bond donors (Lipinski definition) is 2. The van der Waals surface area contributed by atoms with Crippen molar-refractivity contribution in [1.29, 1.82) is 0 Å². The number of halogens is 1. The van der Waals surface area contributed by atoms with Gasteiger partial charge >= 0.3 is 0 Å². The molecule has 5 rings (SSSR count). The number of thiazole rings is 1. The summed E-state index contributed by atoms with van der Waals surface area (Å²) in [4.78, 5) is 23.0. The van der Waals surface area contributed by atoms with E-state index in [-0.39, 0.29) is 5.82 Å². The molecule has 1 aliphatic heterocycles. The standard InChI is InChI=1S/C22H20FN7S/c23-16-3-1-14(2-4-16)19-20(31-21(30-19)15-5-9-24-10-6-15)17-7-12-26-22(28-17)29-18-8-11-25-13-27-18/h1-4,7-8,11-13,15,24H,5-6,9-10H2,(H,25,26,27,28,29). The lowest BCUT2D eigenvalue weighted by molar-refractivity contribution is 0.459. The molecule has 0 radical (unpaired) electrons. The summed E-state index contributed by atoms with van der Waals surface area (Å²) in [7, 11) is 0. The second kappa shape index (κ2) is 8.83. The number of nitrogens with zero attached hydrogens (tertiary/aromatic N) is 5. The number of rotatable bonds is 5. The van der Waals surface area contributed by atoms with Crippen molar-refractivity contribution in [3.63, 3.8) is 0 Å². The van der Waals surface area contributed by atoms with Crippen LogP contribution in [0.1, 0.15) is 23.8 Å². The van der Waals surface area contributed by atoms with Crippen LogP contribution < -0.4 is 10.6 Å². The van der Waals surface area contributed by atoms with E-state index >= 15 is 0 Å². The Morgan fingerprint density at radius 2 is 1.81 bits per heavy atom. The summed E-state index contributed by atoms with van der Waals surface area (Å²) in [5.41, 5.74) is 2.46. The van der Waals surface area contributed by atoms with Crippen LogP contribution >= 0.6 is 11.3 Å². The highest BCUT2D eigenvalue weighted by Gasteiger charge is 2.23. The van der Waals surface area contributed by atoms with E-state index in [0.29, 0.717) is 17.7 Å².